The van der Waals surface area contributed by atoms with E-state index in [0.717, 1.165) is 30.0 Å². The first-order chi connectivity index (χ1) is 16.7. The molecule has 2 saturated heterocycles. The van der Waals surface area contributed by atoms with Crippen LogP contribution in [-0.4, -0.2) is 46.0 Å². The number of fused-ring (bicyclic) bond motifs is 1. The highest BCUT2D eigenvalue weighted by Crippen LogP contribution is 2.30. The lowest BCUT2D eigenvalue weighted by Gasteiger charge is -2.20. The predicted octanol–water partition coefficient (Wildman–Crippen LogP) is 4.05. The third kappa shape index (κ3) is 3.81. The first-order valence-corrected chi connectivity index (χ1v) is 12.4. The largest absolute Gasteiger partial charge is 0.372 e. The molecule has 0 radical (unpaired) electrons. The summed E-state index contributed by atoms with van der Waals surface area (Å²) in [5.74, 6) is -0.459. The van der Waals surface area contributed by atoms with Gasteiger partial charge in [0.1, 0.15) is 0 Å². The molecular weight excluding hydrogens is 448 g/mol. The Morgan fingerprint density at radius 1 is 1.00 bits per heavy atom. The van der Waals surface area contributed by atoms with E-state index in [1.807, 2.05) is 47.8 Å². The molecule has 4 aromatic rings. The average Bonchev–Trinajstić information content (AvgIpc) is 3.64. The molecule has 1 N–H and O–H groups in total. The summed E-state index contributed by atoms with van der Waals surface area (Å²) in [6.07, 6.45) is 2.62. The van der Waals surface area contributed by atoms with Crippen LogP contribution in [0.25, 0.3) is 16.2 Å². The van der Waals surface area contributed by atoms with Gasteiger partial charge in [-0.2, -0.15) is 4.98 Å². The third-order valence-electron chi connectivity index (χ3n) is 6.51. The van der Waals surface area contributed by atoms with E-state index in [1.165, 1.54) is 29.9 Å². The van der Waals surface area contributed by atoms with Gasteiger partial charge in [0.2, 0.25) is 22.7 Å². The molecule has 2 aliphatic rings. The lowest BCUT2D eigenvalue weighted by atomic mass is 10.1. The van der Waals surface area contributed by atoms with E-state index in [1.54, 1.807) is 9.42 Å². The van der Waals surface area contributed by atoms with Gasteiger partial charge in [-0.15, -0.1) is 16.4 Å². The molecule has 2 aromatic heterocycles. The molecule has 0 spiro atoms. The maximum absolute atomic E-state index is 12.9. The van der Waals surface area contributed by atoms with Crippen LogP contribution >= 0.6 is 11.3 Å². The van der Waals surface area contributed by atoms with Crippen LogP contribution in [0.2, 0.25) is 0 Å². The summed E-state index contributed by atoms with van der Waals surface area (Å²) in [5.41, 5.74) is 3.97. The lowest BCUT2D eigenvalue weighted by molar-refractivity contribution is -0.122. The molecule has 2 fully saturated rings. The van der Waals surface area contributed by atoms with E-state index < -0.39 is 5.92 Å². The van der Waals surface area contributed by atoms with Gasteiger partial charge < -0.3 is 9.80 Å². The highest BCUT2D eigenvalue weighted by atomic mass is 32.1. The van der Waals surface area contributed by atoms with Crippen molar-refractivity contribution in [1.29, 1.82) is 0 Å². The van der Waals surface area contributed by atoms with Gasteiger partial charge in [0.25, 0.3) is 0 Å². The molecule has 6 rings (SSSR count). The van der Waals surface area contributed by atoms with Crippen molar-refractivity contribution < 1.29 is 9.59 Å². The molecule has 2 aliphatic heterocycles. The molecule has 0 saturated carbocycles. The number of thiazole rings is 1. The molecule has 8 nitrogen and oxygen atoms in total. The smallest absolute Gasteiger partial charge is 0.250 e. The summed E-state index contributed by atoms with van der Waals surface area (Å²) >= 11 is 1.47. The molecule has 1 atom stereocenters. The van der Waals surface area contributed by atoms with Crippen molar-refractivity contribution in [2.45, 2.75) is 19.3 Å². The maximum Gasteiger partial charge on any atom is 0.250 e. The topological polar surface area (TPSA) is 82.8 Å². The first-order valence-electron chi connectivity index (χ1n) is 11.5. The highest BCUT2D eigenvalue weighted by Gasteiger charge is 2.35. The molecule has 2 aromatic carbocycles. The Balaban J connectivity index is 1.14. The van der Waals surface area contributed by atoms with E-state index in [9.17, 15) is 9.59 Å². The Morgan fingerprint density at radius 3 is 2.50 bits per heavy atom. The normalized spacial score (nSPS) is 18.2. The van der Waals surface area contributed by atoms with E-state index >= 15 is 0 Å². The average molecular weight is 473 g/mol. The Morgan fingerprint density at radius 2 is 1.74 bits per heavy atom. The van der Waals surface area contributed by atoms with E-state index in [2.05, 4.69) is 32.4 Å². The minimum Gasteiger partial charge on any atom is -0.372 e. The van der Waals surface area contributed by atoms with Crippen LogP contribution in [0.3, 0.4) is 0 Å². The van der Waals surface area contributed by atoms with Gasteiger partial charge in [0.15, 0.2) is 0 Å². The van der Waals surface area contributed by atoms with E-state index in [-0.39, 0.29) is 24.2 Å². The zero-order valence-corrected chi connectivity index (χ0v) is 19.4. The number of amides is 2. The van der Waals surface area contributed by atoms with Gasteiger partial charge in [-0.25, -0.2) is 4.52 Å². The molecule has 172 valence electrons. The van der Waals surface area contributed by atoms with Crippen LogP contribution in [0, 0.1) is 5.92 Å². The number of hydrogen-bond acceptors (Lipinski definition) is 6. The van der Waals surface area contributed by atoms with Crippen LogP contribution in [0.5, 0.6) is 0 Å². The standard InChI is InChI=1S/C25H24N6O2S/c32-22-14-18(15-30(22)20-10-8-19(9-11-20)29-12-4-5-13-29)23(33)26-24-27-25-31(28-24)21(16-34-25)17-6-2-1-3-7-17/h1-3,6-11,16,18H,4-5,12-15H2,(H,26,28,33). The second-order valence-electron chi connectivity index (χ2n) is 8.72. The summed E-state index contributed by atoms with van der Waals surface area (Å²) in [7, 11) is 0. The zero-order valence-electron chi connectivity index (χ0n) is 18.6. The van der Waals surface area contributed by atoms with Crippen molar-refractivity contribution in [3.05, 3.63) is 60.0 Å². The number of nitrogens with zero attached hydrogens (tertiary/aromatic N) is 5. The van der Waals surface area contributed by atoms with Gasteiger partial charge >= 0.3 is 0 Å². The molecule has 0 bridgehead atoms. The van der Waals surface area contributed by atoms with Crippen molar-refractivity contribution in [2.75, 3.05) is 34.8 Å². The Bertz CT molecular complexity index is 1340. The second kappa shape index (κ2) is 8.57. The van der Waals surface area contributed by atoms with Crippen LogP contribution in [0.4, 0.5) is 17.3 Å². The number of benzene rings is 2. The molecule has 0 aliphatic carbocycles. The maximum atomic E-state index is 12.9. The summed E-state index contributed by atoms with van der Waals surface area (Å²) in [5, 5.41) is 9.30. The minimum atomic E-state index is -0.444. The summed E-state index contributed by atoms with van der Waals surface area (Å²) in [6.45, 7) is 2.51. The SMILES string of the molecule is O=C(Nc1nc2scc(-c3ccccc3)n2n1)C1CC(=O)N(c2ccc(N3CCCC3)cc2)C1. The van der Waals surface area contributed by atoms with Gasteiger partial charge in [-0.3, -0.25) is 14.9 Å². The zero-order chi connectivity index (χ0) is 23.1. The van der Waals surface area contributed by atoms with Gasteiger partial charge in [-0.1, -0.05) is 30.3 Å². The van der Waals surface area contributed by atoms with Crippen LogP contribution in [0.15, 0.2) is 60.0 Å². The van der Waals surface area contributed by atoms with Crippen molar-refractivity contribution in [3.8, 4) is 11.3 Å². The number of aromatic nitrogens is 3. The van der Waals surface area contributed by atoms with Crippen molar-refractivity contribution in [3.63, 3.8) is 0 Å². The summed E-state index contributed by atoms with van der Waals surface area (Å²) in [6, 6.07) is 18.0. The summed E-state index contributed by atoms with van der Waals surface area (Å²) < 4.78 is 1.74. The number of carbonyl (C=O) groups excluding carboxylic acids is 2. The fourth-order valence-electron chi connectivity index (χ4n) is 4.71. The van der Waals surface area contributed by atoms with Crippen LogP contribution in [0.1, 0.15) is 19.3 Å². The number of nitrogens with one attached hydrogen (secondary N) is 1. The van der Waals surface area contributed by atoms with Crippen molar-refractivity contribution in [2.24, 2.45) is 5.92 Å². The molecular formula is C25H24N6O2S. The molecule has 4 heterocycles. The fraction of sp³-hybridized carbons (Fsp3) is 0.280. The Labute approximate surface area is 200 Å². The molecule has 34 heavy (non-hydrogen) atoms. The van der Waals surface area contributed by atoms with E-state index in [0.29, 0.717) is 11.5 Å². The first kappa shape index (κ1) is 20.9. The minimum absolute atomic E-state index is 0.0424. The fourth-order valence-corrected chi connectivity index (χ4v) is 5.54. The number of anilines is 3. The van der Waals surface area contributed by atoms with Crippen molar-refractivity contribution in [1.82, 2.24) is 14.6 Å². The Kier molecular flexibility index (Phi) is 5.26. The monoisotopic (exact) mass is 472 g/mol. The predicted molar refractivity (Wildman–Crippen MR) is 133 cm³/mol. The van der Waals surface area contributed by atoms with Gasteiger partial charge in [0, 0.05) is 48.4 Å². The van der Waals surface area contributed by atoms with Crippen LogP contribution in [-0.2, 0) is 9.59 Å². The van der Waals surface area contributed by atoms with E-state index in [4.69, 9.17) is 0 Å². The molecule has 9 heteroatoms. The highest BCUT2D eigenvalue weighted by molar-refractivity contribution is 7.15. The lowest BCUT2D eigenvalue weighted by Crippen LogP contribution is -2.28. The Hall–Kier alpha value is -3.72. The molecule has 2 amide bonds. The van der Waals surface area contributed by atoms with Crippen molar-refractivity contribution >= 4 is 45.4 Å². The number of hydrogen-bond donors (Lipinski definition) is 1. The van der Waals surface area contributed by atoms with Crippen LogP contribution < -0.4 is 15.1 Å². The summed E-state index contributed by atoms with van der Waals surface area (Å²) in [4.78, 5) is 34.8. The molecule has 1 unspecified atom stereocenters. The third-order valence-corrected chi connectivity index (χ3v) is 7.33. The van der Waals surface area contributed by atoms with Gasteiger partial charge in [-0.05, 0) is 37.1 Å². The quantitative estimate of drug-likeness (QED) is 0.474. The number of rotatable bonds is 5. The second-order valence-corrected chi connectivity index (χ2v) is 9.56. The van der Waals surface area contributed by atoms with Gasteiger partial charge in [0.05, 0.1) is 11.6 Å². The number of carbonyl (C=O) groups is 2.